The normalized spacial score (nSPS) is 20.8. The molecule has 0 unspecified atom stereocenters. The Balaban J connectivity index is 1.43. The Kier molecular flexibility index (Phi) is 6.64. The molecular weight excluding hydrogens is 464 g/mol. The summed E-state index contributed by atoms with van der Waals surface area (Å²) in [5.41, 5.74) is 9.03. The largest absolute Gasteiger partial charge is 0.361 e. The third kappa shape index (κ3) is 5.04. The molecule has 0 bridgehead atoms. The first-order valence-electron chi connectivity index (χ1n) is 12.9. The molecule has 1 fully saturated rings. The Morgan fingerprint density at radius 3 is 2.68 bits per heavy atom. The highest BCUT2D eigenvalue weighted by atomic mass is 16.2. The number of carbonyl (C=O) groups excluding carboxylic acids is 2. The fourth-order valence-electron chi connectivity index (χ4n) is 5.59. The van der Waals surface area contributed by atoms with Gasteiger partial charge in [-0.25, -0.2) is 5.01 Å². The van der Waals surface area contributed by atoms with E-state index in [1.54, 1.807) is 7.05 Å². The number of amides is 2. The maximum Gasteiger partial charge on any atom is 0.256 e. The Hall–Kier alpha value is -3.49. The van der Waals surface area contributed by atoms with Crippen molar-refractivity contribution in [3.8, 4) is 0 Å². The Morgan fingerprint density at radius 2 is 1.92 bits per heavy atom. The lowest BCUT2D eigenvalue weighted by Gasteiger charge is -2.41. The fraction of sp³-hybridized carbons (Fsp3) is 0.414. The van der Waals surface area contributed by atoms with E-state index in [4.69, 9.17) is 5.73 Å². The number of para-hydroxylation sites is 1. The van der Waals surface area contributed by atoms with Crippen LogP contribution in [0.15, 0.2) is 65.9 Å². The molecule has 2 aliphatic rings. The number of hydrazone groups is 1. The summed E-state index contributed by atoms with van der Waals surface area (Å²) in [4.78, 5) is 32.8. The second-order valence-corrected chi connectivity index (χ2v) is 11.1. The Bertz CT molecular complexity index is 1320. The number of carbonyl (C=O) groups is 2. The molecular formula is C29H36N6O2. The average Bonchev–Trinajstić information content (AvgIpc) is 3.39. The first-order valence-corrected chi connectivity index (χ1v) is 12.9. The molecule has 0 aliphatic carbocycles. The predicted octanol–water partition coefficient (Wildman–Crippen LogP) is 2.70. The zero-order valence-corrected chi connectivity index (χ0v) is 21.8. The molecule has 4 N–H and O–H groups in total. The van der Waals surface area contributed by atoms with Crippen molar-refractivity contribution >= 4 is 28.4 Å². The third-order valence-electron chi connectivity index (χ3n) is 7.47. The molecule has 194 valence electrons. The van der Waals surface area contributed by atoms with Gasteiger partial charge in [-0.1, -0.05) is 48.5 Å². The lowest BCUT2D eigenvalue weighted by Crippen LogP contribution is -2.59. The summed E-state index contributed by atoms with van der Waals surface area (Å²) in [6.07, 6.45) is 3.61. The molecule has 2 amide bonds. The van der Waals surface area contributed by atoms with E-state index in [-0.39, 0.29) is 11.8 Å². The van der Waals surface area contributed by atoms with Crippen LogP contribution < -0.4 is 11.1 Å². The average molecular weight is 501 g/mol. The molecule has 3 aromatic rings. The summed E-state index contributed by atoms with van der Waals surface area (Å²) in [5, 5.41) is 10.6. The number of nitrogens with zero attached hydrogens (tertiary/aromatic N) is 3. The number of likely N-dealkylation sites (tertiary alicyclic amines) is 1. The number of aromatic amines is 1. The number of fused-ring (bicyclic) bond motifs is 2. The van der Waals surface area contributed by atoms with Gasteiger partial charge in [0.15, 0.2) is 0 Å². The minimum Gasteiger partial charge on any atom is -0.361 e. The van der Waals surface area contributed by atoms with E-state index in [2.05, 4.69) is 21.5 Å². The number of rotatable bonds is 8. The van der Waals surface area contributed by atoms with E-state index in [1.807, 2.05) is 73.5 Å². The van der Waals surface area contributed by atoms with Gasteiger partial charge in [0.2, 0.25) is 5.91 Å². The minimum atomic E-state index is -0.831. The standard InChI is InChI=1S/C29H36N6O2/c1-28(2,30)18-32-24(15-21-17-31-23-12-8-7-11-22(21)23)26(36)35-14-13-25-29(19-35,27(37)34(3)33-25)16-20-9-5-4-6-10-20/h4-12,17,24,31-32H,13-16,18-19,30H2,1-3H3/t24-,29+/m1/s1. The summed E-state index contributed by atoms with van der Waals surface area (Å²) in [6, 6.07) is 17.6. The molecule has 8 heteroatoms. The third-order valence-corrected chi connectivity index (χ3v) is 7.47. The van der Waals surface area contributed by atoms with E-state index in [1.165, 1.54) is 5.01 Å². The number of nitrogens with one attached hydrogen (secondary N) is 2. The quantitative estimate of drug-likeness (QED) is 0.442. The number of H-pyrrole nitrogens is 1. The summed E-state index contributed by atoms with van der Waals surface area (Å²) in [6.45, 7) is 5.23. The van der Waals surface area contributed by atoms with Crippen LogP contribution in [0, 0.1) is 5.41 Å². The lowest BCUT2D eigenvalue weighted by atomic mass is 9.73. The molecule has 2 aliphatic heterocycles. The summed E-state index contributed by atoms with van der Waals surface area (Å²) < 4.78 is 0. The number of aromatic nitrogens is 1. The molecule has 8 nitrogen and oxygen atoms in total. The first-order chi connectivity index (χ1) is 17.7. The summed E-state index contributed by atoms with van der Waals surface area (Å²) in [5.74, 6) is -0.0588. The van der Waals surface area contributed by atoms with Gasteiger partial charge in [-0.3, -0.25) is 9.59 Å². The van der Waals surface area contributed by atoms with Crippen molar-refractivity contribution in [2.75, 3.05) is 26.7 Å². The lowest BCUT2D eigenvalue weighted by molar-refractivity contribution is -0.140. The van der Waals surface area contributed by atoms with E-state index in [0.717, 1.165) is 27.7 Å². The number of nitrogens with two attached hydrogens (primary N) is 1. The highest BCUT2D eigenvalue weighted by molar-refractivity contribution is 6.13. The smallest absolute Gasteiger partial charge is 0.256 e. The molecule has 37 heavy (non-hydrogen) atoms. The van der Waals surface area contributed by atoms with Crippen LogP contribution in [0.3, 0.4) is 0 Å². The van der Waals surface area contributed by atoms with Crippen molar-refractivity contribution in [2.45, 2.75) is 44.7 Å². The van der Waals surface area contributed by atoms with Crippen LogP contribution in [-0.2, 0) is 22.4 Å². The van der Waals surface area contributed by atoms with Gasteiger partial charge >= 0.3 is 0 Å². The topological polar surface area (TPSA) is 107 Å². The molecule has 3 heterocycles. The van der Waals surface area contributed by atoms with Gasteiger partial charge in [0, 0.05) is 55.7 Å². The molecule has 5 rings (SSSR count). The zero-order valence-electron chi connectivity index (χ0n) is 21.8. The van der Waals surface area contributed by atoms with Crippen molar-refractivity contribution in [1.29, 1.82) is 0 Å². The van der Waals surface area contributed by atoms with Crippen LogP contribution in [0.1, 0.15) is 31.4 Å². The molecule has 2 aromatic carbocycles. The monoisotopic (exact) mass is 500 g/mol. The summed E-state index contributed by atoms with van der Waals surface area (Å²) >= 11 is 0. The van der Waals surface area contributed by atoms with Gasteiger partial charge in [0.1, 0.15) is 5.41 Å². The highest BCUT2D eigenvalue weighted by Gasteiger charge is 2.53. The maximum atomic E-state index is 14.1. The van der Waals surface area contributed by atoms with Gasteiger partial charge in [0.05, 0.1) is 11.8 Å². The minimum absolute atomic E-state index is 0.0108. The molecule has 2 atom stereocenters. The molecule has 0 radical (unpaired) electrons. The van der Waals surface area contributed by atoms with E-state index < -0.39 is 17.0 Å². The molecule has 0 saturated carbocycles. The van der Waals surface area contributed by atoms with Crippen LogP contribution in [0.2, 0.25) is 0 Å². The van der Waals surface area contributed by atoms with Crippen LogP contribution in [0.25, 0.3) is 10.9 Å². The molecule has 1 aromatic heterocycles. The number of piperidine rings is 1. The van der Waals surface area contributed by atoms with Crippen molar-refractivity contribution in [1.82, 2.24) is 20.2 Å². The molecule has 1 saturated heterocycles. The van der Waals surface area contributed by atoms with Crippen molar-refractivity contribution in [3.63, 3.8) is 0 Å². The van der Waals surface area contributed by atoms with Crippen LogP contribution >= 0.6 is 0 Å². The Morgan fingerprint density at radius 1 is 1.19 bits per heavy atom. The van der Waals surface area contributed by atoms with Gasteiger partial charge in [-0.2, -0.15) is 5.10 Å². The van der Waals surface area contributed by atoms with Crippen LogP contribution in [0.5, 0.6) is 0 Å². The second kappa shape index (κ2) is 9.76. The first kappa shape index (κ1) is 25.2. The maximum absolute atomic E-state index is 14.1. The van der Waals surface area contributed by atoms with Gasteiger partial charge in [-0.05, 0) is 43.9 Å². The van der Waals surface area contributed by atoms with Gasteiger partial charge < -0.3 is 20.9 Å². The summed E-state index contributed by atoms with van der Waals surface area (Å²) in [7, 11) is 1.71. The van der Waals surface area contributed by atoms with Gasteiger partial charge in [-0.15, -0.1) is 0 Å². The predicted molar refractivity (Wildman–Crippen MR) is 146 cm³/mol. The number of hydrogen-bond acceptors (Lipinski definition) is 5. The SMILES string of the molecule is CN1N=C2CCN(C(=O)[C@@H](Cc3c[nH]c4ccccc34)NCC(C)(C)N)C[C@]2(Cc2ccccc2)C1=O. The second-order valence-electron chi connectivity index (χ2n) is 11.1. The number of benzene rings is 2. The van der Waals surface area contributed by atoms with Crippen molar-refractivity contribution in [2.24, 2.45) is 16.3 Å². The van der Waals surface area contributed by atoms with E-state index in [0.29, 0.717) is 38.9 Å². The van der Waals surface area contributed by atoms with Crippen LogP contribution in [-0.4, -0.2) is 70.7 Å². The van der Waals surface area contributed by atoms with Crippen molar-refractivity contribution < 1.29 is 9.59 Å². The van der Waals surface area contributed by atoms with Crippen molar-refractivity contribution in [3.05, 3.63) is 71.9 Å². The zero-order chi connectivity index (χ0) is 26.2. The highest BCUT2D eigenvalue weighted by Crippen LogP contribution is 2.38. The fourth-order valence-corrected chi connectivity index (χ4v) is 5.59. The van der Waals surface area contributed by atoms with Gasteiger partial charge in [0.25, 0.3) is 5.91 Å². The Labute approximate surface area is 217 Å². The number of hydrogen-bond donors (Lipinski definition) is 3. The van der Waals surface area contributed by atoms with E-state index >= 15 is 0 Å². The van der Waals surface area contributed by atoms with Crippen LogP contribution in [0.4, 0.5) is 0 Å². The van der Waals surface area contributed by atoms with E-state index in [9.17, 15) is 9.59 Å². The molecule has 0 spiro atoms.